The zero-order chi connectivity index (χ0) is 16.0. The normalized spacial score (nSPS) is 12.6. The number of thioether (sulfide) groups is 1. The number of carbonyl (C=O) groups is 2. The van der Waals surface area contributed by atoms with Gasteiger partial charge in [0.05, 0.1) is 5.75 Å². The summed E-state index contributed by atoms with van der Waals surface area (Å²) in [5.41, 5.74) is 0.585. The maximum Gasteiger partial charge on any atom is 0.328 e. The van der Waals surface area contributed by atoms with Gasteiger partial charge in [-0.05, 0) is 46.2 Å². The number of nitrogens with one attached hydrogen (secondary N) is 1. The van der Waals surface area contributed by atoms with Gasteiger partial charge in [0.15, 0.2) is 0 Å². The molecule has 1 rings (SSSR count). The molecule has 116 valence electrons. The fourth-order valence-corrected chi connectivity index (χ4v) is 2.43. The Balaban J connectivity index is 2.43. The Bertz CT molecular complexity index is 508. The molecule has 0 unspecified atom stereocenters. The van der Waals surface area contributed by atoms with Crippen molar-refractivity contribution in [3.63, 3.8) is 0 Å². The van der Waals surface area contributed by atoms with Crippen LogP contribution in [-0.4, -0.2) is 29.3 Å². The molecule has 5 heteroatoms. The van der Waals surface area contributed by atoms with E-state index in [4.69, 9.17) is 4.74 Å². The molecule has 0 saturated carbocycles. The molecule has 0 aromatic heterocycles. The van der Waals surface area contributed by atoms with Crippen LogP contribution in [0.4, 0.5) is 0 Å². The van der Waals surface area contributed by atoms with Crippen LogP contribution in [0, 0.1) is 6.92 Å². The summed E-state index contributed by atoms with van der Waals surface area (Å²) in [4.78, 5) is 24.7. The molecule has 1 amide bonds. The van der Waals surface area contributed by atoms with Crippen molar-refractivity contribution in [3.05, 3.63) is 29.8 Å². The van der Waals surface area contributed by atoms with Crippen LogP contribution >= 0.6 is 11.8 Å². The molecule has 1 aromatic carbocycles. The van der Waals surface area contributed by atoms with E-state index in [9.17, 15) is 9.59 Å². The Labute approximate surface area is 130 Å². The minimum absolute atomic E-state index is 0.179. The molecule has 0 aliphatic heterocycles. The Morgan fingerprint density at radius 3 is 2.48 bits per heavy atom. The monoisotopic (exact) mass is 309 g/mol. The van der Waals surface area contributed by atoms with E-state index < -0.39 is 17.6 Å². The molecule has 1 atom stereocenters. The van der Waals surface area contributed by atoms with Gasteiger partial charge in [-0.2, -0.15) is 0 Å². The van der Waals surface area contributed by atoms with Crippen molar-refractivity contribution in [2.75, 3.05) is 5.75 Å². The molecule has 4 nitrogen and oxygen atoms in total. The van der Waals surface area contributed by atoms with Crippen molar-refractivity contribution < 1.29 is 14.3 Å². The molecule has 0 saturated heterocycles. The zero-order valence-electron chi connectivity index (χ0n) is 13.2. The Hall–Kier alpha value is -1.49. The predicted molar refractivity (Wildman–Crippen MR) is 85.4 cm³/mol. The van der Waals surface area contributed by atoms with E-state index >= 15 is 0 Å². The maximum atomic E-state index is 11.9. The lowest BCUT2D eigenvalue weighted by Gasteiger charge is -2.22. The number of ether oxygens (including phenoxy) is 1. The zero-order valence-corrected chi connectivity index (χ0v) is 14.0. The highest BCUT2D eigenvalue weighted by Crippen LogP contribution is 2.21. The van der Waals surface area contributed by atoms with Crippen molar-refractivity contribution >= 4 is 23.6 Å². The molecule has 21 heavy (non-hydrogen) atoms. The number of amides is 1. The molecule has 1 N–H and O–H groups in total. The highest BCUT2D eigenvalue weighted by Gasteiger charge is 2.22. The van der Waals surface area contributed by atoms with Crippen LogP contribution in [0.1, 0.15) is 33.3 Å². The van der Waals surface area contributed by atoms with Crippen LogP contribution in [0.25, 0.3) is 0 Å². The first-order chi connectivity index (χ1) is 9.69. The lowest BCUT2D eigenvalue weighted by molar-refractivity contribution is -0.157. The van der Waals surface area contributed by atoms with E-state index in [2.05, 4.69) is 5.32 Å². The number of aryl methyl sites for hydroxylation is 1. The number of carbonyl (C=O) groups excluding carboxylic acids is 2. The van der Waals surface area contributed by atoms with Gasteiger partial charge in [0, 0.05) is 4.90 Å². The fraction of sp³-hybridized carbons (Fsp3) is 0.500. The fourth-order valence-electron chi connectivity index (χ4n) is 1.59. The van der Waals surface area contributed by atoms with Gasteiger partial charge >= 0.3 is 5.97 Å². The van der Waals surface area contributed by atoms with E-state index in [1.54, 1.807) is 27.7 Å². The van der Waals surface area contributed by atoms with Crippen molar-refractivity contribution in [2.45, 2.75) is 51.2 Å². The third kappa shape index (κ3) is 6.67. The molecule has 0 aliphatic rings. The second-order valence-electron chi connectivity index (χ2n) is 5.88. The molecular weight excluding hydrogens is 286 g/mol. The SMILES string of the molecule is Cc1ccccc1SCC(=O)N[C@H](C)C(=O)OC(C)(C)C. The summed E-state index contributed by atoms with van der Waals surface area (Å²) in [7, 11) is 0. The number of hydrogen-bond donors (Lipinski definition) is 1. The molecule has 0 aliphatic carbocycles. The van der Waals surface area contributed by atoms with E-state index in [1.807, 2.05) is 31.2 Å². The molecule has 0 spiro atoms. The number of hydrogen-bond acceptors (Lipinski definition) is 4. The summed E-state index contributed by atoms with van der Waals surface area (Å²) in [6.07, 6.45) is 0. The molecule has 1 aromatic rings. The highest BCUT2D eigenvalue weighted by molar-refractivity contribution is 8.00. The summed E-state index contributed by atoms with van der Waals surface area (Å²) in [6.45, 7) is 9.03. The van der Waals surface area contributed by atoms with Gasteiger partial charge in [0.25, 0.3) is 0 Å². The smallest absolute Gasteiger partial charge is 0.328 e. The van der Waals surface area contributed by atoms with Gasteiger partial charge in [0.2, 0.25) is 5.91 Å². The van der Waals surface area contributed by atoms with E-state index in [0.717, 1.165) is 10.5 Å². The molecule has 0 heterocycles. The molecule has 0 fully saturated rings. The summed E-state index contributed by atoms with van der Waals surface area (Å²) in [5.74, 6) is -0.323. The van der Waals surface area contributed by atoms with Gasteiger partial charge in [0.1, 0.15) is 11.6 Å². The van der Waals surface area contributed by atoms with Crippen LogP contribution in [0.2, 0.25) is 0 Å². The van der Waals surface area contributed by atoms with Gasteiger partial charge < -0.3 is 10.1 Å². The second-order valence-corrected chi connectivity index (χ2v) is 6.89. The van der Waals surface area contributed by atoms with Crippen molar-refractivity contribution in [2.24, 2.45) is 0 Å². The number of benzene rings is 1. The third-order valence-electron chi connectivity index (χ3n) is 2.59. The summed E-state index contributed by atoms with van der Waals surface area (Å²) < 4.78 is 5.22. The topological polar surface area (TPSA) is 55.4 Å². The first-order valence-corrected chi connectivity index (χ1v) is 7.88. The first kappa shape index (κ1) is 17.6. The third-order valence-corrected chi connectivity index (χ3v) is 3.77. The van der Waals surface area contributed by atoms with Crippen LogP contribution in [0.15, 0.2) is 29.2 Å². The second kappa shape index (κ2) is 7.50. The average molecular weight is 309 g/mol. The quantitative estimate of drug-likeness (QED) is 0.671. The van der Waals surface area contributed by atoms with Gasteiger partial charge in [-0.3, -0.25) is 4.79 Å². The van der Waals surface area contributed by atoms with Crippen LogP contribution in [-0.2, 0) is 14.3 Å². The number of rotatable bonds is 5. The van der Waals surface area contributed by atoms with Crippen molar-refractivity contribution in [3.8, 4) is 0 Å². The minimum atomic E-state index is -0.644. The predicted octanol–water partition coefficient (Wildman–Crippen LogP) is 2.93. The van der Waals surface area contributed by atoms with Crippen molar-refractivity contribution in [1.82, 2.24) is 5.32 Å². The van der Waals surface area contributed by atoms with Gasteiger partial charge in [-0.1, -0.05) is 18.2 Å². The van der Waals surface area contributed by atoms with Gasteiger partial charge in [-0.15, -0.1) is 11.8 Å². The molecule has 0 radical (unpaired) electrons. The Kier molecular flexibility index (Phi) is 6.27. The number of esters is 1. The van der Waals surface area contributed by atoms with E-state index in [1.165, 1.54) is 11.8 Å². The van der Waals surface area contributed by atoms with Crippen LogP contribution in [0.3, 0.4) is 0 Å². The first-order valence-electron chi connectivity index (χ1n) is 6.89. The van der Waals surface area contributed by atoms with E-state index in [-0.39, 0.29) is 11.7 Å². The average Bonchev–Trinajstić information content (AvgIpc) is 2.35. The lowest BCUT2D eigenvalue weighted by atomic mass is 10.2. The summed E-state index contributed by atoms with van der Waals surface area (Å²) >= 11 is 1.46. The Morgan fingerprint density at radius 2 is 1.90 bits per heavy atom. The molecule has 0 bridgehead atoms. The standard InChI is InChI=1S/C16H23NO3S/c1-11-8-6-7-9-13(11)21-10-14(18)17-12(2)15(19)20-16(3,4)5/h6-9,12H,10H2,1-5H3,(H,17,18)/t12-/m1/s1. The van der Waals surface area contributed by atoms with Crippen LogP contribution in [0.5, 0.6) is 0 Å². The molecular formula is C16H23NO3S. The minimum Gasteiger partial charge on any atom is -0.458 e. The Morgan fingerprint density at radius 1 is 1.29 bits per heavy atom. The lowest BCUT2D eigenvalue weighted by Crippen LogP contribution is -2.42. The summed E-state index contributed by atoms with van der Waals surface area (Å²) in [6, 6.07) is 7.24. The van der Waals surface area contributed by atoms with Crippen molar-refractivity contribution in [1.29, 1.82) is 0 Å². The van der Waals surface area contributed by atoms with Crippen LogP contribution < -0.4 is 5.32 Å². The van der Waals surface area contributed by atoms with E-state index in [0.29, 0.717) is 0 Å². The largest absolute Gasteiger partial charge is 0.458 e. The summed E-state index contributed by atoms with van der Waals surface area (Å²) in [5, 5.41) is 2.66. The maximum absolute atomic E-state index is 11.9. The van der Waals surface area contributed by atoms with Gasteiger partial charge in [-0.25, -0.2) is 4.79 Å². The highest BCUT2D eigenvalue weighted by atomic mass is 32.2.